The number of rotatable bonds is 3. The highest BCUT2D eigenvalue weighted by atomic mass is 19.1. The van der Waals surface area contributed by atoms with E-state index in [1.165, 1.54) is 12.1 Å². The van der Waals surface area contributed by atoms with Gasteiger partial charge in [0.25, 0.3) is 0 Å². The average molecular weight is 153 g/mol. The smallest absolute Gasteiger partial charge is 0.123 e. The molecule has 0 saturated carbocycles. The average Bonchev–Trinajstić information content (AvgIpc) is 2.04. The van der Waals surface area contributed by atoms with E-state index in [9.17, 15) is 4.39 Å². The third kappa shape index (κ3) is 2.58. The van der Waals surface area contributed by atoms with Gasteiger partial charge in [0.15, 0.2) is 0 Å². The zero-order valence-corrected chi connectivity index (χ0v) is 6.60. The lowest BCUT2D eigenvalue weighted by Gasteiger charge is -2.02. The summed E-state index contributed by atoms with van der Waals surface area (Å²) in [5, 5.41) is 3.15. The Kier molecular flexibility index (Phi) is 2.90. The molecule has 0 bridgehead atoms. The summed E-state index contributed by atoms with van der Waals surface area (Å²) in [4.78, 5) is 0. The summed E-state index contributed by atoms with van der Waals surface area (Å²) in [5.41, 5.74) is 0.980. The fourth-order valence-electron chi connectivity index (χ4n) is 0.837. The van der Waals surface area contributed by atoms with Crippen LogP contribution in [0, 0.1) is 5.82 Å². The molecule has 0 fully saturated rings. The monoisotopic (exact) mass is 153 g/mol. The third-order valence-corrected chi connectivity index (χ3v) is 1.42. The van der Waals surface area contributed by atoms with Crippen molar-refractivity contribution in [3.05, 3.63) is 30.1 Å². The fourth-order valence-corrected chi connectivity index (χ4v) is 0.837. The molecule has 1 aromatic carbocycles. The largest absolute Gasteiger partial charge is 0.385 e. The van der Waals surface area contributed by atoms with Crippen LogP contribution in [-0.2, 0) is 0 Å². The van der Waals surface area contributed by atoms with E-state index in [4.69, 9.17) is 0 Å². The van der Waals surface area contributed by atoms with Gasteiger partial charge < -0.3 is 5.32 Å². The molecule has 0 unspecified atom stereocenters. The maximum absolute atomic E-state index is 12.4. The van der Waals surface area contributed by atoms with Gasteiger partial charge in [-0.15, -0.1) is 0 Å². The van der Waals surface area contributed by atoms with Crippen molar-refractivity contribution in [3.8, 4) is 0 Å². The highest BCUT2D eigenvalue weighted by molar-refractivity contribution is 5.42. The summed E-state index contributed by atoms with van der Waals surface area (Å²) < 4.78 is 12.4. The van der Waals surface area contributed by atoms with E-state index < -0.39 is 0 Å². The van der Waals surface area contributed by atoms with Crippen LogP contribution in [0.4, 0.5) is 10.1 Å². The lowest BCUT2D eigenvalue weighted by Crippen LogP contribution is -1.98. The Labute approximate surface area is 66.2 Å². The molecule has 11 heavy (non-hydrogen) atoms. The Morgan fingerprint density at radius 2 is 1.91 bits per heavy atom. The van der Waals surface area contributed by atoms with E-state index in [-0.39, 0.29) is 5.82 Å². The van der Waals surface area contributed by atoms with Crippen molar-refractivity contribution in [2.75, 3.05) is 11.9 Å². The predicted octanol–water partition coefficient (Wildman–Crippen LogP) is 2.65. The molecule has 0 aliphatic carbocycles. The van der Waals surface area contributed by atoms with E-state index >= 15 is 0 Å². The van der Waals surface area contributed by atoms with Crippen molar-refractivity contribution in [2.45, 2.75) is 13.3 Å². The van der Waals surface area contributed by atoms with Gasteiger partial charge in [-0.1, -0.05) is 6.92 Å². The second-order valence-corrected chi connectivity index (χ2v) is 2.43. The Morgan fingerprint density at radius 3 is 2.45 bits per heavy atom. The van der Waals surface area contributed by atoms with Gasteiger partial charge in [0.2, 0.25) is 0 Å². The van der Waals surface area contributed by atoms with Gasteiger partial charge in [-0.05, 0) is 30.7 Å². The Bertz CT molecular complexity index is 205. The fraction of sp³-hybridized carbons (Fsp3) is 0.333. The van der Waals surface area contributed by atoms with Crippen LogP contribution < -0.4 is 5.32 Å². The van der Waals surface area contributed by atoms with E-state index in [0.29, 0.717) is 0 Å². The molecule has 0 heterocycles. The first-order valence-electron chi connectivity index (χ1n) is 3.82. The van der Waals surface area contributed by atoms with Crippen LogP contribution in [0.3, 0.4) is 0 Å². The first kappa shape index (κ1) is 8.05. The van der Waals surface area contributed by atoms with E-state index in [2.05, 4.69) is 12.2 Å². The van der Waals surface area contributed by atoms with Crippen LogP contribution in [0.5, 0.6) is 0 Å². The van der Waals surface area contributed by atoms with Gasteiger partial charge in [-0.2, -0.15) is 0 Å². The number of hydrogen-bond acceptors (Lipinski definition) is 1. The molecule has 1 N–H and O–H groups in total. The molecule has 60 valence electrons. The van der Waals surface area contributed by atoms with Gasteiger partial charge >= 0.3 is 0 Å². The minimum atomic E-state index is -0.188. The van der Waals surface area contributed by atoms with Crippen molar-refractivity contribution in [3.63, 3.8) is 0 Å². The molecule has 2 heteroatoms. The van der Waals surface area contributed by atoms with Crippen LogP contribution in [-0.4, -0.2) is 6.54 Å². The third-order valence-electron chi connectivity index (χ3n) is 1.42. The first-order chi connectivity index (χ1) is 5.33. The highest BCUT2D eigenvalue weighted by Crippen LogP contribution is 2.07. The first-order valence-corrected chi connectivity index (χ1v) is 3.82. The number of anilines is 1. The summed E-state index contributed by atoms with van der Waals surface area (Å²) in [6, 6.07) is 6.39. The summed E-state index contributed by atoms with van der Waals surface area (Å²) >= 11 is 0. The van der Waals surface area contributed by atoms with E-state index in [0.717, 1.165) is 18.7 Å². The summed E-state index contributed by atoms with van der Waals surface area (Å²) in [5.74, 6) is -0.188. The molecule has 1 aromatic rings. The Balaban J connectivity index is 2.52. The lowest BCUT2D eigenvalue weighted by atomic mass is 10.3. The number of benzene rings is 1. The molecule has 0 atom stereocenters. The zero-order valence-electron chi connectivity index (χ0n) is 6.60. The molecular weight excluding hydrogens is 141 g/mol. The van der Waals surface area contributed by atoms with Crippen LogP contribution in [0.15, 0.2) is 24.3 Å². The molecule has 0 aromatic heterocycles. The second kappa shape index (κ2) is 3.96. The van der Waals surface area contributed by atoms with Crippen molar-refractivity contribution in [1.29, 1.82) is 0 Å². The predicted molar refractivity (Wildman–Crippen MR) is 45.2 cm³/mol. The number of nitrogens with one attached hydrogen (secondary N) is 1. The minimum Gasteiger partial charge on any atom is -0.385 e. The van der Waals surface area contributed by atoms with Crippen LogP contribution in [0.1, 0.15) is 13.3 Å². The van der Waals surface area contributed by atoms with Gasteiger partial charge in [-0.3, -0.25) is 0 Å². The molecule has 0 amide bonds. The van der Waals surface area contributed by atoms with Crippen molar-refractivity contribution in [2.24, 2.45) is 0 Å². The SMILES string of the molecule is CCCNc1ccc(F)cc1. The molecule has 0 aliphatic rings. The maximum atomic E-state index is 12.4. The summed E-state index contributed by atoms with van der Waals surface area (Å²) in [7, 11) is 0. The van der Waals surface area contributed by atoms with Crippen LogP contribution in [0.2, 0.25) is 0 Å². The van der Waals surface area contributed by atoms with Crippen LogP contribution >= 0.6 is 0 Å². The van der Waals surface area contributed by atoms with Gasteiger partial charge in [0.1, 0.15) is 5.82 Å². The molecule has 1 rings (SSSR count). The zero-order chi connectivity index (χ0) is 8.10. The van der Waals surface area contributed by atoms with Crippen molar-refractivity contribution in [1.82, 2.24) is 0 Å². The van der Waals surface area contributed by atoms with E-state index in [1.807, 2.05) is 0 Å². The quantitative estimate of drug-likeness (QED) is 0.703. The molecule has 0 spiro atoms. The summed E-state index contributed by atoms with van der Waals surface area (Å²) in [6.45, 7) is 3.03. The van der Waals surface area contributed by atoms with Crippen molar-refractivity contribution >= 4 is 5.69 Å². The van der Waals surface area contributed by atoms with Crippen LogP contribution in [0.25, 0.3) is 0 Å². The highest BCUT2D eigenvalue weighted by Gasteiger charge is 1.89. The number of hydrogen-bond donors (Lipinski definition) is 1. The standard InChI is InChI=1S/C9H12FN/c1-2-7-11-9-5-3-8(10)4-6-9/h3-6,11H,2,7H2,1H3. The minimum absolute atomic E-state index is 0.188. The van der Waals surface area contributed by atoms with Gasteiger partial charge in [0, 0.05) is 12.2 Å². The lowest BCUT2D eigenvalue weighted by molar-refractivity contribution is 0.628. The topological polar surface area (TPSA) is 12.0 Å². The summed E-state index contributed by atoms with van der Waals surface area (Å²) in [6.07, 6.45) is 1.08. The molecular formula is C9H12FN. The molecule has 0 radical (unpaired) electrons. The van der Waals surface area contributed by atoms with Crippen molar-refractivity contribution < 1.29 is 4.39 Å². The molecule has 1 nitrogen and oxygen atoms in total. The second-order valence-electron chi connectivity index (χ2n) is 2.43. The van der Waals surface area contributed by atoms with Gasteiger partial charge in [-0.25, -0.2) is 4.39 Å². The Morgan fingerprint density at radius 1 is 1.27 bits per heavy atom. The maximum Gasteiger partial charge on any atom is 0.123 e. The normalized spacial score (nSPS) is 9.64. The number of halogens is 1. The van der Waals surface area contributed by atoms with E-state index in [1.54, 1.807) is 12.1 Å². The Hall–Kier alpha value is -1.05. The van der Waals surface area contributed by atoms with Gasteiger partial charge in [0.05, 0.1) is 0 Å². The molecule has 0 aliphatic heterocycles. The molecule has 0 saturated heterocycles.